The molecule has 2 rings (SSSR count). The van der Waals surface area contributed by atoms with Gasteiger partial charge in [0.2, 0.25) is 0 Å². The molecule has 0 aliphatic carbocycles. The Kier molecular flexibility index (Phi) is 4.78. The fourth-order valence-corrected chi connectivity index (χ4v) is 2.00. The average Bonchev–Trinajstić information content (AvgIpc) is 2.87. The molecular weight excluding hydrogens is 258 g/mol. The summed E-state index contributed by atoms with van der Waals surface area (Å²) in [5.74, 6) is -0.219. The Balaban J connectivity index is 2.17. The van der Waals surface area contributed by atoms with Crippen molar-refractivity contribution in [3.05, 3.63) is 36.2 Å². The van der Waals surface area contributed by atoms with Crippen LogP contribution in [0.1, 0.15) is 19.2 Å². The topological polar surface area (TPSA) is 84.1 Å². The summed E-state index contributed by atoms with van der Waals surface area (Å²) < 4.78 is 1.63. The molecule has 0 bridgehead atoms. The van der Waals surface area contributed by atoms with Crippen molar-refractivity contribution in [3.8, 4) is 5.69 Å². The highest BCUT2D eigenvalue weighted by molar-refractivity contribution is 5.69. The molecule has 1 aromatic heterocycles. The van der Waals surface area contributed by atoms with Gasteiger partial charge < -0.3 is 5.11 Å². The van der Waals surface area contributed by atoms with Gasteiger partial charge in [0, 0.05) is 0 Å². The SMILES string of the molecule is CCCN(CC(=O)O)Cc1nnnn1-c1ccccc1. The lowest BCUT2D eigenvalue weighted by atomic mass is 10.3. The smallest absolute Gasteiger partial charge is 0.317 e. The minimum absolute atomic E-state index is 0.0184. The standard InChI is InChI=1S/C13H17N5O2/c1-2-8-17(10-13(19)20)9-12-14-15-16-18(12)11-6-4-3-5-7-11/h3-7H,2,8-10H2,1H3,(H,19,20). The second kappa shape index (κ2) is 6.76. The zero-order valence-electron chi connectivity index (χ0n) is 11.3. The van der Waals surface area contributed by atoms with Crippen molar-refractivity contribution in [2.45, 2.75) is 19.9 Å². The van der Waals surface area contributed by atoms with Gasteiger partial charge in [-0.15, -0.1) is 5.10 Å². The van der Waals surface area contributed by atoms with E-state index in [4.69, 9.17) is 5.11 Å². The third kappa shape index (κ3) is 3.61. The van der Waals surface area contributed by atoms with E-state index in [9.17, 15) is 4.79 Å². The quantitative estimate of drug-likeness (QED) is 0.810. The number of aliphatic carboxylic acids is 1. The van der Waals surface area contributed by atoms with Crippen LogP contribution in [0.2, 0.25) is 0 Å². The van der Waals surface area contributed by atoms with Gasteiger partial charge in [0.05, 0.1) is 18.8 Å². The maximum atomic E-state index is 10.9. The Morgan fingerprint density at radius 3 is 2.75 bits per heavy atom. The molecule has 0 atom stereocenters. The summed E-state index contributed by atoms with van der Waals surface area (Å²) >= 11 is 0. The van der Waals surface area contributed by atoms with E-state index in [1.165, 1.54) is 0 Å². The summed E-state index contributed by atoms with van der Waals surface area (Å²) in [6.07, 6.45) is 0.875. The first kappa shape index (κ1) is 14.1. The van der Waals surface area contributed by atoms with Crippen LogP contribution in [0, 0.1) is 0 Å². The number of hydrogen-bond donors (Lipinski definition) is 1. The molecule has 7 nitrogen and oxygen atoms in total. The summed E-state index contributed by atoms with van der Waals surface area (Å²) in [5, 5.41) is 20.6. The van der Waals surface area contributed by atoms with Crippen molar-refractivity contribution < 1.29 is 9.90 Å². The second-order valence-corrected chi connectivity index (χ2v) is 4.45. The lowest BCUT2D eigenvalue weighted by Crippen LogP contribution is -2.31. The van der Waals surface area contributed by atoms with Crippen molar-refractivity contribution in [2.24, 2.45) is 0 Å². The predicted octanol–water partition coefficient (Wildman–Crippen LogP) is 0.959. The van der Waals surface area contributed by atoms with Crippen LogP contribution < -0.4 is 0 Å². The zero-order chi connectivity index (χ0) is 14.4. The molecule has 0 saturated heterocycles. The number of carboxylic acid groups (broad SMARTS) is 1. The van der Waals surface area contributed by atoms with Gasteiger partial charge in [-0.2, -0.15) is 4.68 Å². The van der Waals surface area contributed by atoms with Crippen molar-refractivity contribution in [2.75, 3.05) is 13.1 Å². The maximum absolute atomic E-state index is 10.9. The molecule has 0 saturated carbocycles. The molecule has 1 aromatic carbocycles. The van der Waals surface area contributed by atoms with E-state index in [-0.39, 0.29) is 6.54 Å². The molecule has 1 N–H and O–H groups in total. The van der Waals surface area contributed by atoms with Crippen LogP contribution in [0.3, 0.4) is 0 Å². The second-order valence-electron chi connectivity index (χ2n) is 4.45. The Hall–Kier alpha value is -2.28. The third-order valence-electron chi connectivity index (χ3n) is 2.80. The highest BCUT2D eigenvalue weighted by Gasteiger charge is 2.15. The highest BCUT2D eigenvalue weighted by Crippen LogP contribution is 2.09. The first-order chi connectivity index (χ1) is 9.70. The van der Waals surface area contributed by atoms with E-state index < -0.39 is 5.97 Å². The predicted molar refractivity (Wildman–Crippen MR) is 72.4 cm³/mol. The van der Waals surface area contributed by atoms with Gasteiger partial charge in [0.15, 0.2) is 5.82 Å². The van der Waals surface area contributed by atoms with E-state index in [1.807, 2.05) is 42.2 Å². The van der Waals surface area contributed by atoms with Gasteiger partial charge >= 0.3 is 5.97 Å². The van der Waals surface area contributed by atoms with Gasteiger partial charge in [-0.05, 0) is 35.5 Å². The monoisotopic (exact) mass is 275 g/mol. The molecule has 1 heterocycles. The summed E-state index contributed by atoms with van der Waals surface area (Å²) in [4.78, 5) is 12.7. The van der Waals surface area contributed by atoms with Gasteiger partial charge in [-0.25, -0.2) is 0 Å². The van der Waals surface area contributed by atoms with Gasteiger partial charge in [-0.3, -0.25) is 9.69 Å². The van der Waals surface area contributed by atoms with Crippen LogP contribution in [-0.4, -0.2) is 49.3 Å². The van der Waals surface area contributed by atoms with Crippen LogP contribution in [0.4, 0.5) is 0 Å². The molecular formula is C13H17N5O2. The molecule has 0 spiro atoms. The van der Waals surface area contributed by atoms with Gasteiger partial charge in [-0.1, -0.05) is 25.1 Å². The minimum Gasteiger partial charge on any atom is -0.480 e. The Morgan fingerprint density at radius 1 is 1.35 bits per heavy atom. The number of para-hydroxylation sites is 1. The van der Waals surface area contributed by atoms with E-state index in [1.54, 1.807) is 4.68 Å². The largest absolute Gasteiger partial charge is 0.480 e. The highest BCUT2D eigenvalue weighted by atomic mass is 16.4. The number of carboxylic acids is 1. The average molecular weight is 275 g/mol. The number of rotatable bonds is 7. The molecule has 7 heteroatoms. The first-order valence-electron chi connectivity index (χ1n) is 6.47. The van der Waals surface area contributed by atoms with Crippen molar-refractivity contribution >= 4 is 5.97 Å². The van der Waals surface area contributed by atoms with E-state index in [0.29, 0.717) is 18.9 Å². The Morgan fingerprint density at radius 2 is 2.10 bits per heavy atom. The number of aromatic nitrogens is 4. The number of hydrogen-bond acceptors (Lipinski definition) is 5. The number of nitrogens with zero attached hydrogens (tertiary/aromatic N) is 5. The van der Waals surface area contributed by atoms with Crippen molar-refractivity contribution in [1.29, 1.82) is 0 Å². The lowest BCUT2D eigenvalue weighted by molar-refractivity contribution is -0.138. The normalized spacial score (nSPS) is 10.9. The molecule has 106 valence electrons. The van der Waals surface area contributed by atoms with Crippen LogP contribution in [0.15, 0.2) is 30.3 Å². The van der Waals surface area contributed by atoms with Crippen molar-refractivity contribution in [1.82, 2.24) is 25.1 Å². The zero-order valence-corrected chi connectivity index (χ0v) is 11.3. The summed E-state index contributed by atoms with van der Waals surface area (Å²) in [6, 6.07) is 9.54. The van der Waals surface area contributed by atoms with E-state index in [0.717, 1.165) is 12.1 Å². The van der Waals surface area contributed by atoms with Crippen LogP contribution >= 0.6 is 0 Å². The molecule has 0 unspecified atom stereocenters. The summed E-state index contributed by atoms with van der Waals surface area (Å²) in [7, 11) is 0. The number of benzene rings is 1. The molecule has 0 amide bonds. The van der Waals surface area contributed by atoms with Gasteiger partial charge in [0.25, 0.3) is 0 Å². The minimum atomic E-state index is -0.850. The fraction of sp³-hybridized carbons (Fsp3) is 0.385. The van der Waals surface area contributed by atoms with Crippen LogP contribution in [-0.2, 0) is 11.3 Å². The first-order valence-corrected chi connectivity index (χ1v) is 6.47. The molecule has 0 radical (unpaired) electrons. The molecule has 0 fully saturated rings. The molecule has 2 aromatic rings. The third-order valence-corrected chi connectivity index (χ3v) is 2.80. The lowest BCUT2D eigenvalue weighted by Gasteiger charge is -2.18. The maximum Gasteiger partial charge on any atom is 0.317 e. The summed E-state index contributed by atoms with van der Waals surface area (Å²) in [6.45, 7) is 3.08. The Bertz CT molecular complexity index is 555. The molecule has 20 heavy (non-hydrogen) atoms. The Labute approximate surface area is 116 Å². The molecule has 0 aliphatic rings. The summed E-state index contributed by atoms with van der Waals surface area (Å²) in [5.41, 5.74) is 0.860. The van der Waals surface area contributed by atoms with E-state index in [2.05, 4.69) is 15.5 Å². The van der Waals surface area contributed by atoms with Crippen molar-refractivity contribution in [3.63, 3.8) is 0 Å². The van der Waals surface area contributed by atoms with E-state index >= 15 is 0 Å². The van der Waals surface area contributed by atoms with Crippen LogP contribution in [0.25, 0.3) is 5.69 Å². The fourth-order valence-electron chi connectivity index (χ4n) is 2.00. The van der Waals surface area contributed by atoms with Gasteiger partial charge in [0.1, 0.15) is 0 Å². The van der Waals surface area contributed by atoms with Crippen LogP contribution in [0.5, 0.6) is 0 Å². The number of tetrazole rings is 1. The number of carbonyl (C=O) groups is 1. The molecule has 0 aliphatic heterocycles.